The number of benzene rings is 1. The molecule has 3 aromatic rings. The second kappa shape index (κ2) is 11.1. The van der Waals surface area contributed by atoms with Crippen molar-refractivity contribution in [1.82, 2.24) is 24.8 Å². The van der Waals surface area contributed by atoms with Crippen LogP contribution in [-0.2, 0) is 13.0 Å². The molecule has 2 heterocycles. The van der Waals surface area contributed by atoms with E-state index in [1.165, 1.54) is 6.20 Å². The quantitative estimate of drug-likeness (QED) is 0.490. The Morgan fingerprint density at radius 1 is 1.30 bits per heavy atom. The number of hydrogen-bond donors (Lipinski definition) is 2. The molecule has 0 saturated carbocycles. The largest absolute Gasteiger partial charge is 0.492 e. The average Bonchev–Trinajstić information content (AvgIpc) is 3.31. The van der Waals surface area contributed by atoms with Crippen molar-refractivity contribution >= 4 is 11.7 Å². The zero-order chi connectivity index (χ0) is 23.7. The van der Waals surface area contributed by atoms with Crippen LogP contribution in [0.4, 0.5) is 5.82 Å². The number of aromatic nitrogens is 4. The molecule has 2 N–H and O–H groups in total. The first-order chi connectivity index (χ1) is 15.8. The first kappa shape index (κ1) is 23.7. The van der Waals surface area contributed by atoms with Gasteiger partial charge < -0.3 is 19.9 Å². The number of nitrogens with zero attached hydrogens (tertiary/aromatic N) is 5. The number of carbonyl (C=O) groups is 1. The van der Waals surface area contributed by atoms with Gasteiger partial charge >= 0.3 is 0 Å². The summed E-state index contributed by atoms with van der Waals surface area (Å²) >= 11 is 0. The van der Waals surface area contributed by atoms with E-state index in [1.807, 2.05) is 41.1 Å². The lowest BCUT2D eigenvalue weighted by Gasteiger charge is -2.20. The number of anilines is 1. The van der Waals surface area contributed by atoms with Crippen LogP contribution in [0.3, 0.4) is 0 Å². The number of imidazole rings is 1. The number of ether oxygens (including phenoxy) is 1. The van der Waals surface area contributed by atoms with Gasteiger partial charge in [0.1, 0.15) is 29.8 Å². The van der Waals surface area contributed by atoms with Gasteiger partial charge in [0.05, 0.1) is 12.9 Å². The van der Waals surface area contributed by atoms with E-state index in [1.54, 1.807) is 12.5 Å². The minimum Gasteiger partial charge on any atom is -0.492 e. The number of amides is 1. The summed E-state index contributed by atoms with van der Waals surface area (Å²) in [4.78, 5) is 24.9. The summed E-state index contributed by atoms with van der Waals surface area (Å²) in [5, 5.41) is 15.2. The van der Waals surface area contributed by atoms with E-state index >= 15 is 0 Å². The topological polar surface area (TPSA) is 118 Å². The van der Waals surface area contributed by atoms with Crippen molar-refractivity contribution in [1.29, 1.82) is 5.26 Å². The van der Waals surface area contributed by atoms with E-state index in [4.69, 9.17) is 10.00 Å². The van der Waals surface area contributed by atoms with E-state index in [0.29, 0.717) is 37.5 Å². The fourth-order valence-corrected chi connectivity index (χ4v) is 2.98. The highest BCUT2D eigenvalue weighted by atomic mass is 16.5. The predicted molar refractivity (Wildman–Crippen MR) is 125 cm³/mol. The Morgan fingerprint density at radius 3 is 2.88 bits per heavy atom. The Bertz CT molecular complexity index is 1100. The lowest BCUT2D eigenvalue weighted by Crippen LogP contribution is -2.28. The number of nitrogens with one attached hydrogen (secondary N) is 2. The highest BCUT2D eigenvalue weighted by Crippen LogP contribution is 2.18. The summed E-state index contributed by atoms with van der Waals surface area (Å²) in [5.74, 6) is 0.881. The summed E-state index contributed by atoms with van der Waals surface area (Å²) in [5.41, 5.74) is 1.35. The maximum atomic E-state index is 12.8. The van der Waals surface area contributed by atoms with Gasteiger partial charge in [-0.25, -0.2) is 15.0 Å². The molecular weight excluding hydrogens is 418 g/mol. The summed E-state index contributed by atoms with van der Waals surface area (Å²) in [6.45, 7) is 8.52. The van der Waals surface area contributed by atoms with Crippen LogP contribution in [0.2, 0.25) is 0 Å². The standard InChI is InChI=1S/C24H29N7O2/c1-24(2,3)16-29-22-20(15-28-21(14-25)30-22)23(32)27-8-7-18-5-4-6-19(13-18)33-12-11-31-10-9-26-17-31/h4-6,9-10,13,15,17H,7-8,11-12,16H2,1-3H3,(H,27,32)(H,28,29,30). The van der Waals surface area contributed by atoms with Crippen molar-refractivity contribution in [3.8, 4) is 11.8 Å². The minimum absolute atomic E-state index is 0.0165. The number of hydrogen-bond acceptors (Lipinski definition) is 7. The zero-order valence-corrected chi connectivity index (χ0v) is 19.2. The van der Waals surface area contributed by atoms with Crippen molar-refractivity contribution in [3.05, 3.63) is 66.1 Å². The molecule has 33 heavy (non-hydrogen) atoms. The Labute approximate surface area is 193 Å². The van der Waals surface area contributed by atoms with Crippen LogP contribution < -0.4 is 15.4 Å². The summed E-state index contributed by atoms with van der Waals surface area (Å²) in [6.07, 6.45) is 7.42. The Hall–Kier alpha value is -3.93. The molecule has 0 aliphatic carbocycles. The van der Waals surface area contributed by atoms with Gasteiger partial charge in [-0.15, -0.1) is 0 Å². The van der Waals surface area contributed by atoms with Gasteiger partial charge in [-0.3, -0.25) is 4.79 Å². The van der Waals surface area contributed by atoms with Crippen molar-refractivity contribution in [2.45, 2.75) is 33.7 Å². The molecule has 1 amide bonds. The highest BCUT2D eigenvalue weighted by molar-refractivity contribution is 5.98. The first-order valence-electron chi connectivity index (χ1n) is 10.8. The van der Waals surface area contributed by atoms with Gasteiger partial charge in [-0.2, -0.15) is 5.26 Å². The van der Waals surface area contributed by atoms with Gasteiger partial charge in [0, 0.05) is 31.7 Å². The summed E-state index contributed by atoms with van der Waals surface area (Å²) < 4.78 is 7.78. The van der Waals surface area contributed by atoms with E-state index in [0.717, 1.165) is 17.9 Å². The smallest absolute Gasteiger partial charge is 0.256 e. The van der Waals surface area contributed by atoms with Gasteiger partial charge in [0.2, 0.25) is 5.82 Å². The second-order valence-electron chi connectivity index (χ2n) is 8.78. The third-order valence-electron chi connectivity index (χ3n) is 4.69. The molecule has 3 rings (SSSR count). The minimum atomic E-state index is -0.288. The first-order valence-corrected chi connectivity index (χ1v) is 10.8. The predicted octanol–water partition coefficient (Wildman–Crippen LogP) is 3.05. The zero-order valence-electron chi connectivity index (χ0n) is 19.2. The van der Waals surface area contributed by atoms with Crippen LogP contribution in [0.1, 0.15) is 42.5 Å². The summed E-state index contributed by atoms with van der Waals surface area (Å²) in [6, 6.07) is 9.73. The number of rotatable bonds is 10. The maximum absolute atomic E-state index is 12.8. The van der Waals surface area contributed by atoms with E-state index < -0.39 is 0 Å². The average molecular weight is 448 g/mol. The van der Waals surface area contributed by atoms with Crippen LogP contribution in [-0.4, -0.2) is 45.1 Å². The van der Waals surface area contributed by atoms with Crippen LogP contribution in [0.5, 0.6) is 5.75 Å². The van der Waals surface area contributed by atoms with Crippen molar-refractivity contribution in [3.63, 3.8) is 0 Å². The van der Waals surface area contributed by atoms with Gasteiger partial charge in [0.25, 0.3) is 5.91 Å². The Kier molecular flexibility index (Phi) is 7.97. The fraction of sp³-hybridized carbons (Fsp3) is 0.375. The molecule has 9 heteroatoms. The number of nitriles is 1. The SMILES string of the molecule is CC(C)(C)CNc1nc(C#N)ncc1C(=O)NCCc1cccc(OCCn2ccnc2)c1. The Balaban J connectivity index is 1.54. The summed E-state index contributed by atoms with van der Waals surface area (Å²) in [7, 11) is 0. The molecule has 1 aromatic carbocycles. The van der Waals surface area contributed by atoms with Crippen LogP contribution >= 0.6 is 0 Å². The molecule has 172 valence electrons. The van der Waals surface area contributed by atoms with Gasteiger partial charge in [0.15, 0.2) is 0 Å². The molecule has 9 nitrogen and oxygen atoms in total. The van der Waals surface area contributed by atoms with Crippen LogP contribution in [0.25, 0.3) is 0 Å². The van der Waals surface area contributed by atoms with Crippen LogP contribution in [0, 0.1) is 16.7 Å². The van der Waals surface area contributed by atoms with E-state index in [-0.39, 0.29) is 17.1 Å². The van der Waals surface area contributed by atoms with E-state index in [9.17, 15) is 4.79 Å². The molecule has 0 atom stereocenters. The molecule has 0 unspecified atom stereocenters. The molecule has 0 fully saturated rings. The number of carbonyl (C=O) groups excluding carboxylic acids is 1. The molecule has 0 aliphatic heterocycles. The van der Waals surface area contributed by atoms with Crippen molar-refractivity contribution in [2.75, 3.05) is 25.0 Å². The van der Waals surface area contributed by atoms with Crippen molar-refractivity contribution in [2.24, 2.45) is 5.41 Å². The normalized spacial score (nSPS) is 11.0. The lowest BCUT2D eigenvalue weighted by atomic mass is 9.97. The molecule has 0 aliphatic rings. The second-order valence-corrected chi connectivity index (χ2v) is 8.78. The molecule has 0 radical (unpaired) electrons. The maximum Gasteiger partial charge on any atom is 0.256 e. The molecule has 0 spiro atoms. The van der Waals surface area contributed by atoms with E-state index in [2.05, 4.69) is 46.4 Å². The molecule has 2 aromatic heterocycles. The highest BCUT2D eigenvalue weighted by Gasteiger charge is 2.17. The Morgan fingerprint density at radius 2 is 2.15 bits per heavy atom. The molecular formula is C24H29N7O2. The molecule has 0 saturated heterocycles. The third kappa shape index (κ3) is 7.61. The monoisotopic (exact) mass is 447 g/mol. The lowest BCUT2D eigenvalue weighted by molar-refractivity contribution is 0.0954. The fourth-order valence-electron chi connectivity index (χ4n) is 2.98. The van der Waals surface area contributed by atoms with Gasteiger partial charge in [-0.1, -0.05) is 32.9 Å². The van der Waals surface area contributed by atoms with Gasteiger partial charge in [-0.05, 0) is 29.5 Å². The molecule has 0 bridgehead atoms. The van der Waals surface area contributed by atoms with Crippen LogP contribution in [0.15, 0.2) is 49.2 Å². The van der Waals surface area contributed by atoms with Crippen molar-refractivity contribution < 1.29 is 9.53 Å². The third-order valence-corrected chi connectivity index (χ3v) is 4.69.